The molecule has 0 aliphatic heterocycles. The quantitative estimate of drug-likeness (QED) is 0.504. The van der Waals surface area contributed by atoms with Crippen molar-refractivity contribution < 1.29 is 10.2 Å². The van der Waals surface area contributed by atoms with Gasteiger partial charge in [0.2, 0.25) is 0 Å². The number of hydrogen-bond acceptors (Lipinski definition) is 2. The van der Waals surface area contributed by atoms with Crippen LogP contribution in [0.2, 0.25) is 0 Å². The van der Waals surface area contributed by atoms with Gasteiger partial charge in [-0.15, -0.1) is 0 Å². The summed E-state index contributed by atoms with van der Waals surface area (Å²) >= 11 is 0. The molecule has 10 atom stereocenters. The molecule has 2 N–H and O–H groups in total. The molecule has 0 saturated heterocycles. The van der Waals surface area contributed by atoms with Crippen molar-refractivity contribution in [3.05, 3.63) is 0 Å². The van der Waals surface area contributed by atoms with Crippen LogP contribution in [0.4, 0.5) is 0 Å². The second-order valence-electron chi connectivity index (χ2n) is 13.1. The van der Waals surface area contributed by atoms with Gasteiger partial charge in [0.05, 0.1) is 6.10 Å². The van der Waals surface area contributed by atoms with Crippen molar-refractivity contribution in [1.29, 1.82) is 0 Å². The molecule has 4 aliphatic rings. The third-order valence-electron chi connectivity index (χ3n) is 11.3. The largest absolute Gasteiger partial charge is 0.396 e. The highest BCUT2D eigenvalue weighted by Gasteiger charge is 2.62. The fraction of sp³-hybridized carbons (Fsp3) is 1.00. The Bertz CT molecular complexity index is 587. The lowest BCUT2D eigenvalue weighted by Crippen LogP contribution is -2.57. The Morgan fingerprint density at radius 2 is 1.53 bits per heavy atom. The molecule has 0 radical (unpaired) electrons. The van der Waals surface area contributed by atoms with E-state index in [0.717, 1.165) is 48.3 Å². The Kier molecular flexibility index (Phi) is 6.69. The molecule has 0 heterocycles. The van der Waals surface area contributed by atoms with E-state index in [1.54, 1.807) is 0 Å². The van der Waals surface area contributed by atoms with E-state index in [2.05, 4.69) is 34.6 Å². The van der Waals surface area contributed by atoms with Crippen molar-refractivity contribution in [2.75, 3.05) is 6.61 Å². The van der Waals surface area contributed by atoms with Gasteiger partial charge in [0.25, 0.3) is 0 Å². The first-order valence-electron chi connectivity index (χ1n) is 13.5. The highest BCUT2D eigenvalue weighted by molar-refractivity contribution is 5.11. The van der Waals surface area contributed by atoms with Crippen molar-refractivity contribution in [3.8, 4) is 0 Å². The van der Waals surface area contributed by atoms with Gasteiger partial charge >= 0.3 is 0 Å². The van der Waals surface area contributed by atoms with Crippen LogP contribution in [0.5, 0.6) is 0 Å². The number of hydrogen-bond donors (Lipinski definition) is 2. The summed E-state index contributed by atoms with van der Waals surface area (Å²) in [6, 6.07) is 0. The van der Waals surface area contributed by atoms with Gasteiger partial charge in [-0.25, -0.2) is 0 Å². The number of rotatable bonds is 6. The minimum atomic E-state index is -0.134. The first-order chi connectivity index (χ1) is 14.2. The summed E-state index contributed by atoms with van der Waals surface area (Å²) in [5.41, 5.74) is 0.869. The highest BCUT2D eigenvalue weighted by Crippen LogP contribution is 2.69. The first-order valence-corrected chi connectivity index (χ1v) is 13.5. The van der Waals surface area contributed by atoms with Crippen LogP contribution in [-0.4, -0.2) is 22.9 Å². The topological polar surface area (TPSA) is 40.5 Å². The van der Waals surface area contributed by atoms with Crippen LogP contribution in [0, 0.1) is 58.2 Å². The molecule has 174 valence electrons. The molecule has 0 unspecified atom stereocenters. The van der Waals surface area contributed by atoms with Crippen LogP contribution in [0.3, 0.4) is 0 Å². The zero-order valence-electron chi connectivity index (χ0n) is 20.6. The molecule has 0 aromatic rings. The summed E-state index contributed by atoms with van der Waals surface area (Å²) in [4.78, 5) is 0. The van der Waals surface area contributed by atoms with Gasteiger partial charge in [-0.1, -0.05) is 53.9 Å². The minimum Gasteiger partial charge on any atom is -0.396 e. The van der Waals surface area contributed by atoms with E-state index < -0.39 is 0 Å². The predicted molar refractivity (Wildman–Crippen MR) is 125 cm³/mol. The van der Waals surface area contributed by atoms with Crippen molar-refractivity contribution >= 4 is 0 Å². The molecule has 0 aromatic heterocycles. The van der Waals surface area contributed by atoms with Crippen LogP contribution < -0.4 is 0 Å². The van der Waals surface area contributed by atoms with E-state index in [4.69, 9.17) is 0 Å². The smallest absolute Gasteiger partial charge is 0.0543 e. The fourth-order valence-electron chi connectivity index (χ4n) is 9.71. The third kappa shape index (κ3) is 3.81. The zero-order chi connectivity index (χ0) is 21.7. The average Bonchev–Trinajstić information content (AvgIpc) is 3.05. The van der Waals surface area contributed by atoms with Crippen LogP contribution in [0.1, 0.15) is 105 Å². The van der Waals surface area contributed by atoms with E-state index in [0.29, 0.717) is 29.3 Å². The second kappa shape index (κ2) is 8.69. The van der Waals surface area contributed by atoms with Crippen LogP contribution in [0.15, 0.2) is 0 Å². The molecule has 30 heavy (non-hydrogen) atoms. The molecule has 0 amide bonds. The Balaban J connectivity index is 1.52. The van der Waals surface area contributed by atoms with Crippen molar-refractivity contribution in [3.63, 3.8) is 0 Å². The molecule has 0 bridgehead atoms. The lowest BCUT2D eigenvalue weighted by atomic mass is 9.42. The Labute approximate surface area is 186 Å². The monoisotopic (exact) mass is 418 g/mol. The third-order valence-corrected chi connectivity index (χ3v) is 11.3. The second-order valence-corrected chi connectivity index (χ2v) is 13.1. The highest BCUT2D eigenvalue weighted by atomic mass is 16.3. The molecule has 4 aliphatic carbocycles. The fourth-order valence-corrected chi connectivity index (χ4v) is 9.71. The summed E-state index contributed by atoms with van der Waals surface area (Å²) in [6.45, 7) is 12.8. The van der Waals surface area contributed by atoms with E-state index in [-0.39, 0.29) is 6.10 Å². The van der Waals surface area contributed by atoms with Gasteiger partial charge in [0, 0.05) is 6.61 Å². The minimum absolute atomic E-state index is 0.134. The normalized spacial score (nSPS) is 49.4. The number of aliphatic hydroxyl groups excluding tert-OH is 2. The first kappa shape index (κ1) is 23.1. The molecule has 0 spiro atoms. The summed E-state index contributed by atoms with van der Waals surface area (Å²) in [7, 11) is 0. The standard InChI is InChI=1S/C28H50O2/c1-18(2)7-6-8-19(3)23-9-10-24-22-15-20(17-29)26-16-21(30)11-13-28(26,5)25(22)12-14-27(23,24)4/h18-26,29-30H,6-17H2,1-5H3/t19-,20-,21-,22-,23+,24-,25-,26+,27+,28+/m0/s1. The van der Waals surface area contributed by atoms with Gasteiger partial charge in [0.1, 0.15) is 0 Å². The summed E-state index contributed by atoms with van der Waals surface area (Å²) in [5, 5.41) is 20.7. The lowest BCUT2D eigenvalue weighted by molar-refractivity contribution is -0.158. The Morgan fingerprint density at radius 1 is 0.833 bits per heavy atom. The lowest BCUT2D eigenvalue weighted by Gasteiger charge is -2.63. The maximum absolute atomic E-state index is 10.4. The SMILES string of the molecule is CC(C)CCC[C@H](C)[C@H]1CC[C@H]2[C@@H]3C[C@@H](CO)[C@H]4C[C@@H](O)CC[C@]4(C)[C@H]3CC[C@]12C. The van der Waals surface area contributed by atoms with Gasteiger partial charge in [0.15, 0.2) is 0 Å². The summed E-state index contributed by atoms with van der Waals surface area (Å²) in [6.07, 6.45) is 14.1. The molecular formula is C28H50O2. The zero-order valence-corrected chi connectivity index (χ0v) is 20.6. The molecular weight excluding hydrogens is 368 g/mol. The van der Waals surface area contributed by atoms with E-state index in [1.165, 1.54) is 57.8 Å². The average molecular weight is 419 g/mol. The Morgan fingerprint density at radius 3 is 2.23 bits per heavy atom. The number of fused-ring (bicyclic) bond motifs is 5. The van der Waals surface area contributed by atoms with Crippen molar-refractivity contribution in [2.24, 2.45) is 58.2 Å². The van der Waals surface area contributed by atoms with Crippen molar-refractivity contribution in [2.45, 2.75) is 111 Å². The van der Waals surface area contributed by atoms with E-state index in [1.807, 2.05) is 0 Å². The maximum Gasteiger partial charge on any atom is 0.0543 e. The van der Waals surface area contributed by atoms with E-state index in [9.17, 15) is 10.2 Å². The molecule has 2 heteroatoms. The molecule has 4 saturated carbocycles. The Hall–Kier alpha value is -0.0800. The van der Waals surface area contributed by atoms with Gasteiger partial charge in [-0.05, 0) is 110 Å². The molecule has 0 aromatic carbocycles. The summed E-state index contributed by atoms with van der Waals surface area (Å²) < 4.78 is 0. The van der Waals surface area contributed by atoms with Crippen LogP contribution in [0.25, 0.3) is 0 Å². The maximum atomic E-state index is 10.4. The molecule has 2 nitrogen and oxygen atoms in total. The van der Waals surface area contributed by atoms with Crippen LogP contribution in [-0.2, 0) is 0 Å². The van der Waals surface area contributed by atoms with Crippen molar-refractivity contribution in [1.82, 2.24) is 0 Å². The van der Waals surface area contributed by atoms with Gasteiger partial charge in [-0.2, -0.15) is 0 Å². The number of aliphatic hydroxyl groups is 2. The van der Waals surface area contributed by atoms with Gasteiger partial charge in [-0.3, -0.25) is 0 Å². The molecule has 4 rings (SSSR count). The van der Waals surface area contributed by atoms with Crippen LogP contribution >= 0.6 is 0 Å². The predicted octanol–water partition coefficient (Wildman–Crippen LogP) is 6.69. The van der Waals surface area contributed by atoms with Gasteiger partial charge < -0.3 is 10.2 Å². The van der Waals surface area contributed by atoms with E-state index >= 15 is 0 Å². The summed E-state index contributed by atoms with van der Waals surface area (Å²) in [5.74, 6) is 6.05. The molecule has 4 fully saturated rings.